The number of thiazole rings is 1. The zero-order valence-corrected chi connectivity index (χ0v) is 15.6. The van der Waals surface area contributed by atoms with Crippen molar-refractivity contribution < 1.29 is 19.5 Å². The lowest BCUT2D eigenvalue weighted by Gasteiger charge is -2.08. The van der Waals surface area contributed by atoms with Crippen LogP contribution < -0.4 is 10.6 Å². The summed E-state index contributed by atoms with van der Waals surface area (Å²) < 4.78 is 0. The number of carboxylic acid groups (broad SMARTS) is 1. The summed E-state index contributed by atoms with van der Waals surface area (Å²) >= 11 is 1.36. The van der Waals surface area contributed by atoms with Gasteiger partial charge >= 0.3 is 5.97 Å². The van der Waals surface area contributed by atoms with Gasteiger partial charge in [0, 0.05) is 11.3 Å². The fourth-order valence-electron chi connectivity index (χ4n) is 2.32. The zero-order chi connectivity index (χ0) is 19.3. The van der Waals surface area contributed by atoms with E-state index in [-0.39, 0.29) is 5.91 Å². The van der Waals surface area contributed by atoms with E-state index in [1.165, 1.54) is 23.5 Å². The van der Waals surface area contributed by atoms with Crippen LogP contribution in [0.25, 0.3) is 0 Å². The number of aliphatic carboxylic acids is 1. The second-order valence-electron chi connectivity index (χ2n) is 6.21. The number of rotatable bonds is 7. The fraction of sp³-hybridized carbons (Fsp3) is 0.333. The SMILES string of the molecule is Cc1nc(CC(C)C)c(C(=O)Nc2ccc(C(=O)NCC(=O)O)cc2)s1. The molecule has 0 atom stereocenters. The Kier molecular flexibility index (Phi) is 6.46. The van der Waals surface area contributed by atoms with E-state index >= 15 is 0 Å². The summed E-state index contributed by atoms with van der Waals surface area (Å²) in [6.45, 7) is 5.57. The maximum atomic E-state index is 12.5. The molecule has 2 rings (SSSR count). The summed E-state index contributed by atoms with van der Waals surface area (Å²) in [5.74, 6) is -1.43. The number of hydrogen-bond donors (Lipinski definition) is 3. The van der Waals surface area contributed by atoms with Crippen LogP contribution >= 0.6 is 11.3 Å². The Hall–Kier alpha value is -2.74. The van der Waals surface area contributed by atoms with E-state index in [0.717, 1.165) is 17.1 Å². The van der Waals surface area contributed by atoms with E-state index in [4.69, 9.17) is 5.11 Å². The number of hydrogen-bond acceptors (Lipinski definition) is 5. The summed E-state index contributed by atoms with van der Waals surface area (Å²) in [6.07, 6.45) is 0.732. The summed E-state index contributed by atoms with van der Waals surface area (Å²) in [6, 6.07) is 6.26. The number of aryl methyl sites for hydroxylation is 1. The lowest BCUT2D eigenvalue weighted by Crippen LogP contribution is -2.29. The van der Waals surface area contributed by atoms with Gasteiger partial charge < -0.3 is 15.7 Å². The van der Waals surface area contributed by atoms with Gasteiger partial charge in [0.1, 0.15) is 11.4 Å². The van der Waals surface area contributed by atoms with Crippen LogP contribution in [0.3, 0.4) is 0 Å². The summed E-state index contributed by atoms with van der Waals surface area (Å²) in [5.41, 5.74) is 1.66. The quantitative estimate of drug-likeness (QED) is 0.689. The number of carboxylic acids is 1. The van der Waals surface area contributed by atoms with E-state index < -0.39 is 18.4 Å². The fourth-order valence-corrected chi connectivity index (χ4v) is 3.17. The van der Waals surface area contributed by atoms with Crippen LogP contribution in [0.2, 0.25) is 0 Å². The molecule has 3 N–H and O–H groups in total. The second kappa shape index (κ2) is 8.57. The van der Waals surface area contributed by atoms with Crippen molar-refractivity contribution in [2.45, 2.75) is 27.2 Å². The van der Waals surface area contributed by atoms with Crippen LogP contribution in [0.1, 0.15) is 44.6 Å². The van der Waals surface area contributed by atoms with Gasteiger partial charge in [-0.05, 0) is 43.5 Å². The number of nitrogens with zero attached hydrogens (tertiary/aromatic N) is 1. The van der Waals surface area contributed by atoms with E-state index in [1.807, 2.05) is 6.92 Å². The average molecular weight is 375 g/mol. The maximum Gasteiger partial charge on any atom is 0.322 e. The van der Waals surface area contributed by atoms with Crippen molar-refractivity contribution in [1.82, 2.24) is 10.3 Å². The molecule has 0 fully saturated rings. The third kappa shape index (κ3) is 5.38. The number of aromatic nitrogens is 1. The molecule has 8 heteroatoms. The summed E-state index contributed by atoms with van der Waals surface area (Å²) in [7, 11) is 0. The topological polar surface area (TPSA) is 108 Å². The van der Waals surface area contributed by atoms with E-state index in [0.29, 0.717) is 22.0 Å². The largest absolute Gasteiger partial charge is 0.480 e. The van der Waals surface area contributed by atoms with Crippen LogP contribution in [0.5, 0.6) is 0 Å². The highest BCUT2D eigenvalue weighted by Gasteiger charge is 2.18. The molecule has 26 heavy (non-hydrogen) atoms. The van der Waals surface area contributed by atoms with Crippen molar-refractivity contribution in [1.29, 1.82) is 0 Å². The van der Waals surface area contributed by atoms with Gasteiger partial charge in [0.25, 0.3) is 11.8 Å². The Labute approximate surface area is 155 Å². The van der Waals surface area contributed by atoms with Gasteiger partial charge in [0.2, 0.25) is 0 Å². The molecule has 7 nitrogen and oxygen atoms in total. The minimum atomic E-state index is -1.11. The zero-order valence-electron chi connectivity index (χ0n) is 14.8. The van der Waals surface area contributed by atoms with Crippen molar-refractivity contribution in [3.05, 3.63) is 45.4 Å². The number of anilines is 1. The molecular formula is C18H21N3O4S. The molecule has 0 saturated carbocycles. The molecule has 2 amide bonds. The minimum Gasteiger partial charge on any atom is -0.480 e. The molecule has 0 bridgehead atoms. The lowest BCUT2D eigenvalue weighted by atomic mass is 10.1. The maximum absolute atomic E-state index is 12.5. The number of carbonyl (C=O) groups excluding carboxylic acids is 2. The van der Waals surface area contributed by atoms with Crippen LogP contribution in [0, 0.1) is 12.8 Å². The first kappa shape index (κ1) is 19.6. The van der Waals surface area contributed by atoms with Gasteiger partial charge in [-0.1, -0.05) is 13.8 Å². The number of nitrogens with one attached hydrogen (secondary N) is 2. The molecule has 0 unspecified atom stereocenters. The molecule has 0 aliphatic rings. The third-order valence-corrected chi connectivity index (χ3v) is 4.43. The number of benzene rings is 1. The van der Waals surface area contributed by atoms with E-state index in [2.05, 4.69) is 29.5 Å². The van der Waals surface area contributed by atoms with E-state index in [9.17, 15) is 14.4 Å². The Balaban J connectivity index is 2.06. The minimum absolute atomic E-state index is 0.227. The smallest absolute Gasteiger partial charge is 0.322 e. The first-order valence-corrected chi connectivity index (χ1v) is 8.95. The van der Waals surface area contributed by atoms with Crippen LogP contribution in [-0.2, 0) is 11.2 Å². The van der Waals surface area contributed by atoms with Crippen LogP contribution in [0.4, 0.5) is 5.69 Å². The molecule has 0 saturated heterocycles. The summed E-state index contributed by atoms with van der Waals surface area (Å²) in [5, 5.41) is 14.5. The van der Waals surface area contributed by atoms with Gasteiger partial charge in [0.15, 0.2) is 0 Å². The Morgan fingerprint density at radius 1 is 1.15 bits per heavy atom. The van der Waals surface area contributed by atoms with Gasteiger partial charge in [-0.15, -0.1) is 11.3 Å². The normalized spacial score (nSPS) is 10.6. The predicted octanol–water partition coefficient (Wildman–Crippen LogP) is 2.72. The van der Waals surface area contributed by atoms with Crippen LogP contribution in [-0.4, -0.2) is 34.4 Å². The molecule has 1 aromatic carbocycles. The highest BCUT2D eigenvalue weighted by molar-refractivity contribution is 7.13. The first-order chi connectivity index (χ1) is 12.3. The predicted molar refractivity (Wildman–Crippen MR) is 99.8 cm³/mol. The average Bonchev–Trinajstić information content (AvgIpc) is 2.93. The molecule has 0 spiro atoms. The van der Waals surface area contributed by atoms with Gasteiger partial charge in [-0.25, -0.2) is 4.98 Å². The standard InChI is InChI=1S/C18H21N3O4S/c1-10(2)8-14-16(26-11(3)20-14)18(25)21-13-6-4-12(5-7-13)17(24)19-9-15(22)23/h4-7,10H,8-9H2,1-3H3,(H,19,24)(H,21,25)(H,22,23). The molecule has 0 aliphatic heterocycles. The Bertz CT molecular complexity index is 812. The van der Waals surface area contributed by atoms with E-state index in [1.54, 1.807) is 12.1 Å². The highest BCUT2D eigenvalue weighted by Crippen LogP contribution is 2.22. The molecule has 138 valence electrons. The highest BCUT2D eigenvalue weighted by atomic mass is 32.1. The lowest BCUT2D eigenvalue weighted by molar-refractivity contribution is -0.135. The monoisotopic (exact) mass is 375 g/mol. The van der Waals surface area contributed by atoms with Gasteiger partial charge in [-0.3, -0.25) is 14.4 Å². The Morgan fingerprint density at radius 3 is 2.38 bits per heavy atom. The van der Waals surface area contributed by atoms with Gasteiger partial charge in [0.05, 0.1) is 10.7 Å². The first-order valence-electron chi connectivity index (χ1n) is 8.14. The van der Waals surface area contributed by atoms with Crippen molar-refractivity contribution in [3.63, 3.8) is 0 Å². The van der Waals surface area contributed by atoms with Crippen molar-refractivity contribution in [3.8, 4) is 0 Å². The molecular weight excluding hydrogens is 354 g/mol. The molecule has 0 aliphatic carbocycles. The third-order valence-electron chi connectivity index (χ3n) is 3.42. The van der Waals surface area contributed by atoms with Crippen molar-refractivity contribution in [2.75, 3.05) is 11.9 Å². The van der Waals surface area contributed by atoms with Crippen molar-refractivity contribution in [2.24, 2.45) is 5.92 Å². The van der Waals surface area contributed by atoms with Gasteiger partial charge in [-0.2, -0.15) is 0 Å². The van der Waals surface area contributed by atoms with Crippen molar-refractivity contribution >= 4 is 34.8 Å². The molecule has 0 radical (unpaired) electrons. The van der Waals surface area contributed by atoms with Crippen LogP contribution in [0.15, 0.2) is 24.3 Å². The number of amides is 2. The number of carbonyl (C=O) groups is 3. The molecule has 1 heterocycles. The Morgan fingerprint density at radius 2 is 1.81 bits per heavy atom. The molecule has 1 aromatic heterocycles. The molecule has 2 aromatic rings. The summed E-state index contributed by atoms with van der Waals surface area (Å²) in [4.78, 5) is 39.8. The second-order valence-corrected chi connectivity index (χ2v) is 7.42.